The van der Waals surface area contributed by atoms with E-state index in [0.29, 0.717) is 0 Å². The van der Waals surface area contributed by atoms with Crippen LogP contribution in [-0.4, -0.2) is 37.6 Å². The van der Waals surface area contributed by atoms with Gasteiger partial charge in [0.15, 0.2) is 0 Å². The van der Waals surface area contributed by atoms with E-state index in [-0.39, 0.29) is 0 Å². The molecule has 0 radical (unpaired) electrons. The van der Waals surface area contributed by atoms with Gasteiger partial charge in [0.25, 0.3) is 0 Å². The van der Waals surface area contributed by atoms with Crippen LogP contribution in [0.5, 0.6) is 0 Å². The summed E-state index contributed by atoms with van der Waals surface area (Å²) < 4.78 is 0. The molecule has 1 heterocycles. The molecule has 1 rings (SSSR count). The average Bonchev–Trinajstić information content (AvgIpc) is 2.27. The summed E-state index contributed by atoms with van der Waals surface area (Å²) in [7, 11) is 0. The molecule has 0 spiro atoms. The fourth-order valence-electron chi connectivity index (χ4n) is 1.87. The van der Waals surface area contributed by atoms with Gasteiger partial charge in [-0.1, -0.05) is 23.3 Å². The van der Waals surface area contributed by atoms with Crippen LogP contribution >= 0.6 is 0 Å². The Hall–Kier alpha value is -0.600. The first kappa shape index (κ1) is 13.5. The van der Waals surface area contributed by atoms with Gasteiger partial charge < -0.3 is 5.32 Å². The van der Waals surface area contributed by atoms with Gasteiger partial charge in [0.2, 0.25) is 0 Å². The van der Waals surface area contributed by atoms with E-state index < -0.39 is 0 Å². The number of piperazine rings is 1. The third-order valence-corrected chi connectivity index (χ3v) is 3.00. The second-order valence-electron chi connectivity index (χ2n) is 4.92. The largest absolute Gasteiger partial charge is 0.314 e. The summed E-state index contributed by atoms with van der Waals surface area (Å²) in [4.78, 5) is 2.51. The summed E-state index contributed by atoms with van der Waals surface area (Å²) in [5.41, 5.74) is 2.95. The van der Waals surface area contributed by atoms with Gasteiger partial charge in [0.05, 0.1) is 0 Å². The molecule has 1 fully saturated rings. The highest BCUT2D eigenvalue weighted by Gasteiger charge is 2.06. The number of hydrogen-bond donors (Lipinski definition) is 1. The fourth-order valence-corrected chi connectivity index (χ4v) is 1.87. The molecule has 2 heteroatoms. The molecule has 16 heavy (non-hydrogen) atoms. The molecule has 0 unspecified atom stereocenters. The summed E-state index contributed by atoms with van der Waals surface area (Å²) in [6, 6.07) is 0. The minimum absolute atomic E-state index is 1.13. The van der Waals surface area contributed by atoms with E-state index in [2.05, 4.69) is 43.1 Å². The van der Waals surface area contributed by atoms with Crippen LogP contribution in [0, 0.1) is 0 Å². The lowest BCUT2D eigenvalue weighted by Gasteiger charge is -2.26. The van der Waals surface area contributed by atoms with E-state index in [4.69, 9.17) is 0 Å². The maximum Gasteiger partial charge on any atom is 0.0166 e. The second kappa shape index (κ2) is 7.64. The molecule has 2 nitrogen and oxygen atoms in total. The van der Waals surface area contributed by atoms with E-state index >= 15 is 0 Å². The zero-order chi connectivity index (χ0) is 11.8. The Kier molecular flexibility index (Phi) is 6.43. The summed E-state index contributed by atoms with van der Waals surface area (Å²) in [6.45, 7) is 12.4. The molecule has 1 aliphatic heterocycles. The Bertz CT molecular complexity index is 243. The highest BCUT2D eigenvalue weighted by Crippen LogP contribution is 2.07. The Labute approximate surface area is 100 Å². The molecular formula is C14H26N2. The van der Waals surface area contributed by atoms with Crippen LogP contribution < -0.4 is 5.32 Å². The molecule has 0 aromatic carbocycles. The van der Waals surface area contributed by atoms with Gasteiger partial charge in [-0.2, -0.15) is 0 Å². The Morgan fingerprint density at radius 3 is 2.44 bits per heavy atom. The third-order valence-electron chi connectivity index (χ3n) is 3.00. The van der Waals surface area contributed by atoms with Gasteiger partial charge in [-0.05, 0) is 33.6 Å². The minimum atomic E-state index is 1.13. The average molecular weight is 222 g/mol. The predicted octanol–water partition coefficient (Wildman–Crippen LogP) is 2.58. The topological polar surface area (TPSA) is 15.3 Å². The lowest BCUT2D eigenvalue weighted by molar-refractivity contribution is 0.264. The van der Waals surface area contributed by atoms with Crippen molar-refractivity contribution in [2.45, 2.75) is 33.6 Å². The van der Waals surface area contributed by atoms with Crippen molar-refractivity contribution in [3.63, 3.8) is 0 Å². The van der Waals surface area contributed by atoms with Crippen LogP contribution in [0.3, 0.4) is 0 Å². The Balaban J connectivity index is 2.19. The smallest absolute Gasteiger partial charge is 0.0166 e. The summed E-state index contributed by atoms with van der Waals surface area (Å²) in [5, 5.41) is 3.38. The number of nitrogens with zero attached hydrogens (tertiary/aromatic N) is 1. The highest BCUT2D eigenvalue weighted by molar-refractivity contribution is 5.03. The van der Waals surface area contributed by atoms with Gasteiger partial charge in [-0.15, -0.1) is 0 Å². The number of hydrogen-bond acceptors (Lipinski definition) is 2. The number of nitrogens with one attached hydrogen (secondary N) is 1. The number of rotatable bonds is 5. The molecule has 0 atom stereocenters. The van der Waals surface area contributed by atoms with Crippen LogP contribution in [0.15, 0.2) is 23.3 Å². The standard InChI is InChI=1S/C14H26N2/c1-13(2)5-4-6-14(3)7-10-16-11-8-15-9-12-16/h5,7,15H,4,6,8-12H2,1-3H3/b14-7-. The molecule has 1 N–H and O–H groups in total. The van der Waals surface area contributed by atoms with Gasteiger partial charge in [-0.25, -0.2) is 0 Å². The molecule has 0 aromatic rings. The van der Waals surface area contributed by atoms with Crippen LogP contribution in [-0.2, 0) is 0 Å². The third kappa shape index (κ3) is 6.09. The predicted molar refractivity (Wildman–Crippen MR) is 71.7 cm³/mol. The lowest BCUT2D eigenvalue weighted by atomic mass is 10.1. The monoisotopic (exact) mass is 222 g/mol. The quantitative estimate of drug-likeness (QED) is 0.719. The van der Waals surface area contributed by atoms with Gasteiger partial charge in [-0.3, -0.25) is 4.90 Å². The normalized spacial score (nSPS) is 18.6. The van der Waals surface area contributed by atoms with Crippen molar-refractivity contribution < 1.29 is 0 Å². The minimum Gasteiger partial charge on any atom is -0.314 e. The molecular weight excluding hydrogens is 196 g/mol. The lowest BCUT2D eigenvalue weighted by Crippen LogP contribution is -2.43. The first-order valence-electron chi connectivity index (χ1n) is 6.40. The molecule has 1 saturated heterocycles. The van der Waals surface area contributed by atoms with Gasteiger partial charge >= 0.3 is 0 Å². The molecule has 0 aromatic heterocycles. The van der Waals surface area contributed by atoms with Gasteiger partial charge in [0, 0.05) is 32.7 Å². The van der Waals surface area contributed by atoms with E-state index in [9.17, 15) is 0 Å². The van der Waals surface area contributed by atoms with Gasteiger partial charge in [0.1, 0.15) is 0 Å². The maximum absolute atomic E-state index is 3.38. The molecule has 1 aliphatic rings. The van der Waals surface area contributed by atoms with Crippen LogP contribution in [0.4, 0.5) is 0 Å². The zero-order valence-corrected chi connectivity index (χ0v) is 11.1. The van der Waals surface area contributed by atoms with Crippen molar-refractivity contribution >= 4 is 0 Å². The highest BCUT2D eigenvalue weighted by atomic mass is 15.2. The fraction of sp³-hybridized carbons (Fsp3) is 0.714. The molecule has 0 bridgehead atoms. The first-order valence-corrected chi connectivity index (χ1v) is 6.40. The van der Waals surface area contributed by atoms with E-state index in [1.807, 2.05) is 0 Å². The van der Waals surface area contributed by atoms with Crippen LogP contribution in [0.2, 0.25) is 0 Å². The van der Waals surface area contributed by atoms with Crippen molar-refractivity contribution in [2.24, 2.45) is 0 Å². The first-order chi connectivity index (χ1) is 7.68. The van der Waals surface area contributed by atoms with Crippen molar-refractivity contribution in [2.75, 3.05) is 32.7 Å². The second-order valence-corrected chi connectivity index (χ2v) is 4.92. The van der Waals surface area contributed by atoms with Crippen molar-refractivity contribution in [1.29, 1.82) is 0 Å². The SMILES string of the molecule is CC(C)=CCC/C(C)=C\CN1CCNCC1. The van der Waals surface area contributed by atoms with Crippen molar-refractivity contribution in [3.8, 4) is 0 Å². The van der Waals surface area contributed by atoms with E-state index in [1.54, 1.807) is 0 Å². The van der Waals surface area contributed by atoms with Crippen LogP contribution in [0.1, 0.15) is 33.6 Å². The molecule has 0 saturated carbocycles. The number of allylic oxidation sites excluding steroid dienone is 3. The molecule has 92 valence electrons. The Morgan fingerprint density at radius 1 is 1.12 bits per heavy atom. The van der Waals surface area contributed by atoms with E-state index in [0.717, 1.165) is 19.6 Å². The summed E-state index contributed by atoms with van der Waals surface area (Å²) in [6.07, 6.45) is 7.11. The van der Waals surface area contributed by atoms with Crippen molar-refractivity contribution in [1.82, 2.24) is 10.2 Å². The Morgan fingerprint density at radius 2 is 1.81 bits per heavy atom. The molecule has 0 aliphatic carbocycles. The van der Waals surface area contributed by atoms with Crippen LogP contribution in [0.25, 0.3) is 0 Å². The maximum atomic E-state index is 3.38. The summed E-state index contributed by atoms with van der Waals surface area (Å²) >= 11 is 0. The molecule has 0 amide bonds. The van der Waals surface area contributed by atoms with Crippen molar-refractivity contribution in [3.05, 3.63) is 23.3 Å². The van der Waals surface area contributed by atoms with E-state index in [1.165, 1.54) is 37.1 Å². The zero-order valence-electron chi connectivity index (χ0n) is 11.1. The summed E-state index contributed by atoms with van der Waals surface area (Å²) in [5.74, 6) is 0.